The molecule has 1 aromatic carbocycles. The summed E-state index contributed by atoms with van der Waals surface area (Å²) in [5.41, 5.74) is 0.542. The van der Waals surface area contributed by atoms with Crippen molar-refractivity contribution in [2.75, 3.05) is 19.6 Å². The molecule has 5 nitrogen and oxygen atoms in total. The first-order chi connectivity index (χ1) is 11.4. The molecule has 0 saturated carbocycles. The Morgan fingerprint density at radius 1 is 1.38 bits per heavy atom. The molecule has 1 aromatic rings. The van der Waals surface area contributed by atoms with Gasteiger partial charge in [-0.25, -0.2) is 0 Å². The number of hydrogen-bond acceptors (Lipinski definition) is 3. The molecule has 1 aliphatic rings. The summed E-state index contributed by atoms with van der Waals surface area (Å²) in [5, 5.41) is 13.8. The summed E-state index contributed by atoms with van der Waals surface area (Å²) in [4.78, 5) is 25.6. The zero-order valence-electron chi connectivity index (χ0n) is 13.2. The van der Waals surface area contributed by atoms with E-state index in [1.807, 2.05) is 0 Å². The molecule has 0 bridgehead atoms. The molecule has 1 aliphatic heterocycles. The molecule has 2 unspecified atom stereocenters. The molecular formula is C17H20Cl2N2O3. The highest BCUT2D eigenvalue weighted by Gasteiger charge is 2.27. The van der Waals surface area contributed by atoms with Crippen molar-refractivity contribution in [2.24, 2.45) is 5.92 Å². The van der Waals surface area contributed by atoms with Crippen LogP contribution in [0.1, 0.15) is 24.5 Å². The summed E-state index contributed by atoms with van der Waals surface area (Å²) < 4.78 is 0. The first-order valence-corrected chi connectivity index (χ1v) is 8.49. The van der Waals surface area contributed by atoms with Gasteiger partial charge in [0.2, 0.25) is 11.8 Å². The van der Waals surface area contributed by atoms with E-state index in [1.165, 1.54) is 6.08 Å². The molecular weight excluding hydrogens is 351 g/mol. The maximum absolute atomic E-state index is 12.3. The zero-order chi connectivity index (χ0) is 17.7. The summed E-state index contributed by atoms with van der Waals surface area (Å²) in [5.74, 6) is -0.623. The highest BCUT2D eigenvalue weighted by atomic mass is 35.5. The number of benzene rings is 1. The van der Waals surface area contributed by atoms with Crippen LogP contribution in [-0.4, -0.2) is 41.5 Å². The number of halogens is 2. The van der Waals surface area contributed by atoms with E-state index in [1.54, 1.807) is 23.1 Å². The first kappa shape index (κ1) is 18.8. The third kappa shape index (κ3) is 4.97. The molecule has 7 heteroatoms. The van der Waals surface area contributed by atoms with E-state index >= 15 is 0 Å². The van der Waals surface area contributed by atoms with Crippen molar-refractivity contribution in [3.05, 3.63) is 46.5 Å². The lowest BCUT2D eigenvalue weighted by Crippen LogP contribution is -2.45. The second-order valence-corrected chi connectivity index (χ2v) is 6.66. The van der Waals surface area contributed by atoms with Crippen molar-refractivity contribution in [3.8, 4) is 0 Å². The molecule has 2 N–H and O–H groups in total. The maximum atomic E-state index is 12.3. The number of carbonyl (C=O) groups excluding carboxylic acids is 2. The van der Waals surface area contributed by atoms with Crippen LogP contribution < -0.4 is 5.32 Å². The average Bonchev–Trinajstić information content (AvgIpc) is 2.57. The minimum Gasteiger partial charge on any atom is -0.387 e. The van der Waals surface area contributed by atoms with E-state index in [0.717, 1.165) is 6.42 Å². The van der Waals surface area contributed by atoms with Crippen molar-refractivity contribution < 1.29 is 14.7 Å². The minimum atomic E-state index is -0.903. The summed E-state index contributed by atoms with van der Waals surface area (Å²) in [6, 6.07) is 4.79. The minimum absolute atomic E-state index is 0.0570. The van der Waals surface area contributed by atoms with Crippen LogP contribution in [0.25, 0.3) is 0 Å². The molecule has 0 spiro atoms. The molecule has 1 fully saturated rings. The number of likely N-dealkylation sites (tertiary alicyclic amines) is 1. The van der Waals surface area contributed by atoms with Gasteiger partial charge in [-0.15, -0.1) is 0 Å². The first-order valence-electron chi connectivity index (χ1n) is 7.74. The van der Waals surface area contributed by atoms with Gasteiger partial charge in [0.25, 0.3) is 0 Å². The van der Waals surface area contributed by atoms with Crippen molar-refractivity contribution in [2.45, 2.75) is 18.9 Å². The second-order valence-electron chi connectivity index (χ2n) is 5.79. The largest absolute Gasteiger partial charge is 0.387 e. The molecule has 1 heterocycles. The van der Waals surface area contributed by atoms with Gasteiger partial charge >= 0.3 is 0 Å². The Balaban J connectivity index is 1.90. The number of hydrogen-bond donors (Lipinski definition) is 2. The average molecular weight is 371 g/mol. The SMILES string of the molecule is C=CC(=O)N1CCCC(C(=O)NCC(O)c2cc(Cl)cc(Cl)c2)C1. The fourth-order valence-electron chi connectivity index (χ4n) is 2.75. The van der Waals surface area contributed by atoms with Crippen LogP contribution in [0, 0.1) is 5.92 Å². The fraction of sp³-hybridized carbons (Fsp3) is 0.412. The third-order valence-electron chi connectivity index (χ3n) is 4.02. The van der Waals surface area contributed by atoms with Crippen LogP contribution in [0.4, 0.5) is 0 Å². The molecule has 2 atom stereocenters. The lowest BCUT2D eigenvalue weighted by atomic mass is 9.97. The molecule has 0 aromatic heterocycles. The summed E-state index contributed by atoms with van der Waals surface area (Å²) >= 11 is 11.8. The van der Waals surface area contributed by atoms with E-state index in [9.17, 15) is 14.7 Å². The van der Waals surface area contributed by atoms with Crippen LogP contribution in [0.5, 0.6) is 0 Å². The summed E-state index contributed by atoms with van der Waals surface area (Å²) in [6.07, 6.45) is 1.84. The van der Waals surface area contributed by atoms with Gasteiger partial charge in [0.1, 0.15) is 0 Å². The van der Waals surface area contributed by atoms with Crippen LogP contribution in [0.2, 0.25) is 10.0 Å². The Labute approximate surface area is 151 Å². The molecule has 0 aliphatic carbocycles. The van der Waals surface area contributed by atoms with Gasteiger partial charge in [0.15, 0.2) is 0 Å². The van der Waals surface area contributed by atoms with Crippen LogP contribution in [-0.2, 0) is 9.59 Å². The van der Waals surface area contributed by atoms with Gasteiger partial charge < -0.3 is 15.3 Å². The van der Waals surface area contributed by atoms with Gasteiger partial charge in [-0.05, 0) is 42.7 Å². The number of aliphatic hydroxyl groups is 1. The number of nitrogens with one attached hydrogen (secondary N) is 1. The second kappa shape index (κ2) is 8.51. The third-order valence-corrected chi connectivity index (χ3v) is 4.45. The van der Waals surface area contributed by atoms with Crippen molar-refractivity contribution in [1.82, 2.24) is 10.2 Å². The smallest absolute Gasteiger partial charge is 0.245 e. The van der Waals surface area contributed by atoms with E-state index < -0.39 is 6.10 Å². The predicted molar refractivity (Wildman–Crippen MR) is 93.9 cm³/mol. The number of amides is 2. The Kier molecular flexibility index (Phi) is 6.66. The number of aliphatic hydroxyl groups excluding tert-OH is 1. The van der Waals surface area contributed by atoms with Gasteiger partial charge in [-0.2, -0.15) is 0 Å². The highest BCUT2D eigenvalue weighted by Crippen LogP contribution is 2.23. The van der Waals surface area contributed by atoms with Crippen molar-refractivity contribution in [1.29, 1.82) is 0 Å². The lowest BCUT2D eigenvalue weighted by Gasteiger charge is -2.31. The van der Waals surface area contributed by atoms with E-state index in [4.69, 9.17) is 23.2 Å². The van der Waals surface area contributed by atoms with Crippen LogP contribution in [0.15, 0.2) is 30.9 Å². The quantitative estimate of drug-likeness (QED) is 0.782. The number of rotatable bonds is 5. The highest BCUT2D eigenvalue weighted by molar-refractivity contribution is 6.34. The standard InChI is InChI=1S/C17H20Cl2N2O3/c1-2-16(23)21-5-3-4-11(10-21)17(24)20-9-15(22)12-6-13(18)8-14(19)7-12/h2,6-8,11,15,22H,1,3-5,9-10H2,(H,20,24). The normalized spacial score (nSPS) is 18.8. The Hall–Kier alpha value is -1.56. The molecule has 2 amide bonds. The lowest BCUT2D eigenvalue weighted by molar-refractivity contribution is -0.132. The van der Waals surface area contributed by atoms with E-state index in [-0.39, 0.29) is 24.3 Å². The Bertz CT molecular complexity index is 616. The van der Waals surface area contributed by atoms with Crippen LogP contribution in [0.3, 0.4) is 0 Å². The van der Waals surface area contributed by atoms with E-state index in [2.05, 4.69) is 11.9 Å². The monoisotopic (exact) mass is 370 g/mol. The fourth-order valence-corrected chi connectivity index (χ4v) is 3.29. The summed E-state index contributed by atoms with van der Waals surface area (Å²) in [6.45, 7) is 4.53. The van der Waals surface area contributed by atoms with Crippen LogP contribution >= 0.6 is 23.2 Å². The maximum Gasteiger partial charge on any atom is 0.245 e. The van der Waals surface area contributed by atoms with Gasteiger partial charge in [0.05, 0.1) is 12.0 Å². The molecule has 0 radical (unpaired) electrons. The molecule has 2 rings (SSSR count). The molecule has 24 heavy (non-hydrogen) atoms. The van der Waals surface area contributed by atoms with E-state index in [0.29, 0.717) is 35.1 Å². The van der Waals surface area contributed by atoms with Gasteiger partial charge in [0, 0.05) is 29.7 Å². The number of carbonyl (C=O) groups is 2. The number of nitrogens with zero attached hydrogens (tertiary/aromatic N) is 1. The zero-order valence-corrected chi connectivity index (χ0v) is 14.7. The Morgan fingerprint density at radius 3 is 2.67 bits per heavy atom. The molecule has 1 saturated heterocycles. The van der Waals surface area contributed by atoms with Gasteiger partial charge in [-0.1, -0.05) is 29.8 Å². The van der Waals surface area contributed by atoms with Crippen molar-refractivity contribution in [3.63, 3.8) is 0 Å². The topological polar surface area (TPSA) is 69.6 Å². The number of piperidine rings is 1. The summed E-state index contributed by atoms with van der Waals surface area (Å²) in [7, 11) is 0. The predicted octanol–water partition coefficient (Wildman–Crippen LogP) is 2.57. The Morgan fingerprint density at radius 2 is 2.04 bits per heavy atom. The van der Waals surface area contributed by atoms with Gasteiger partial charge in [-0.3, -0.25) is 9.59 Å². The van der Waals surface area contributed by atoms with Crippen molar-refractivity contribution >= 4 is 35.0 Å². The molecule has 130 valence electrons.